The van der Waals surface area contributed by atoms with E-state index in [4.69, 9.17) is 0 Å². The van der Waals surface area contributed by atoms with Crippen molar-refractivity contribution in [2.75, 3.05) is 6.54 Å². The molecule has 1 amide bonds. The van der Waals surface area contributed by atoms with Crippen molar-refractivity contribution >= 4 is 11.9 Å². The molecule has 2 aromatic rings. The van der Waals surface area contributed by atoms with E-state index in [-0.39, 0.29) is 18.9 Å². The van der Waals surface area contributed by atoms with Crippen molar-refractivity contribution in [3.63, 3.8) is 0 Å². The molecule has 2 rings (SSSR count). The van der Waals surface area contributed by atoms with Crippen LogP contribution in [-0.4, -0.2) is 23.5 Å². The first kappa shape index (κ1) is 15.8. The highest BCUT2D eigenvalue weighted by atomic mass is 16.4. The minimum atomic E-state index is -0.943. The first-order valence-corrected chi connectivity index (χ1v) is 7.16. The maximum Gasteiger partial charge on any atom is 0.312 e. The van der Waals surface area contributed by atoms with Gasteiger partial charge in [-0.05, 0) is 18.1 Å². The molecule has 0 aromatic heterocycles. The number of rotatable bonds is 6. The predicted molar refractivity (Wildman–Crippen MR) is 84.7 cm³/mol. The summed E-state index contributed by atoms with van der Waals surface area (Å²) in [5.41, 5.74) is 2.70. The van der Waals surface area contributed by atoms with Crippen molar-refractivity contribution in [2.45, 2.75) is 19.3 Å². The second-order valence-corrected chi connectivity index (χ2v) is 5.27. The summed E-state index contributed by atoms with van der Waals surface area (Å²) in [6, 6.07) is 16.6. The molecule has 1 atom stereocenters. The molecule has 22 heavy (non-hydrogen) atoms. The first-order valence-electron chi connectivity index (χ1n) is 7.16. The lowest BCUT2D eigenvalue weighted by Crippen LogP contribution is -2.32. The maximum atomic E-state index is 12.0. The Kier molecular flexibility index (Phi) is 5.31. The topological polar surface area (TPSA) is 66.4 Å². The van der Waals surface area contributed by atoms with Gasteiger partial charge in [-0.3, -0.25) is 9.59 Å². The summed E-state index contributed by atoms with van der Waals surface area (Å²) in [6.07, 6.45) is 0.253. The summed E-state index contributed by atoms with van der Waals surface area (Å²) in [4.78, 5) is 23.3. The molecule has 0 heterocycles. The van der Waals surface area contributed by atoms with Crippen LogP contribution in [0, 0.1) is 6.92 Å². The Morgan fingerprint density at radius 2 is 1.82 bits per heavy atom. The SMILES string of the molecule is Cc1cccc(CC(=O)NC[C@@H](C(=O)O)c2ccccc2)c1. The van der Waals surface area contributed by atoms with Gasteiger partial charge in [0.2, 0.25) is 5.91 Å². The van der Waals surface area contributed by atoms with Crippen LogP contribution in [0.25, 0.3) is 0 Å². The van der Waals surface area contributed by atoms with E-state index < -0.39 is 11.9 Å². The van der Waals surface area contributed by atoms with Crippen molar-refractivity contribution in [1.29, 1.82) is 0 Å². The van der Waals surface area contributed by atoms with Crippen molar-refractivity contribution in [3.05, 3.63) is 71.3 Å². The Balaban J connectivity index is 1.95. The lowest BCUT2D eigenvalue weighted by atomic mass is 9.99. The van der Waals surface area contributed by atoms with E-state index in [1.807, 2.05) is 37.3 Å². The molecule has 0 radical (unpaired) electrons. The average Bonchev–Trinajstić information content (AvgIpc) is 2.48. The number of hydrogen-bond acceptors (Lipinski definition) is 2. The van der Waals surface area contributed by atoms with Gasteiger partial charge in [-0.2, -0.15) is 0 Å². The molecular weight excluding hydrogens is 278 g/mol. The fourth-order valence-electron chi connectivity index (χ4n) is 2.32. The standard InChI is InChI=1S/C18H19NO3/c1-13-6-5-7-14(10-13)11-17(20)19-12-16(18(21)22)15-8-3-2-4-9-15/h2-10,16H,11-12H2,1H3,(H,19,20)(H,21,22)/t16-/m1/s1. The third-order valence-electron chi connectivity index (χ3n) is 3.45. The normalized spacial score (nSPS) is 11.7. The van der Waals surface area contributed by atoms with Gasteiger partial charge in [0.15, 0.2) is 0 Å². The lowest BCUT2D eigenvalue weighted by molar-refractivity contribution is -0.138. The summed E-state index contributed by atoms with van der Waals surface area (Å²) >= 11 is 0. The van der Waals surface area contributed by atoms with Gasteiger partial charge in [-0.15, -0.1) is 0 Å². The van der Waals surface area contributed by atoms with Crippen LogP contribution in [0.4, 0.5) is 0 Å². The number of carbonyl (C=O) groups excluding carboxylic acids is 1. The fourth-order valence-corrected chi connectivity index (χ4v) is 2.32. The van der Waals surface area contributed by atoms with Gasteiger partial charge in [0.1, 0.15) is 0 Å². The van der Waals surface area contributed by atoms with Gasteiger partial charge < -0.3 is 10.4 Å². The number of aliphatic carboxylic acids is 1. The summed E-state index contributed by atoms with van der Waals surface area (Å²) in [5, 5.41) is 12.0. The number of carbonyl (C=O) groups is 2. The highest BCUT2D eigenvalue weighted by Gasteiger charge is 2.20. The number of aryl methyl sites for hydroxylation is 1. The van der Waals surface area contributed by atoms with Gasteiger partial charge in [-0.1, -0.05) is 60.2 Å². The van der Waals surface area contributed by atoms with Crippen LogP contribution in [0.15, 0.2) is 54.6 Å². The molecule has 0 bridgehead atoms. The number of hydrogen-bond donors (Lipinski definition) is 2. The van der Waals surface area contributed by atoms with E-state index in [0.29, 0.717) is 5.56 Å². The van der Waals surface area contributed by atoms with E-state index in [1.165, 1.54) is 0 Å². The zero-order chi connectivity index (χ0) is 15.9. The molecule has 114 valence electrons. The van der Waals surface area contributed by atoms with E-state index in [2.05, 4.69) is 5.32 Å². The molecule has 2 N–H and O–H groups in total. The van der Waals surface area contributed by atoms with E-state index in [1.54, 1.807) is 24.3 Å². The zero-order valence-electron chi connectivity index (χ0n) is 12.5. The quantitative estimate of drug-likeness (QED) is 0.861. The lowest BCUT2D eigenvalue weighted by Gasteiger charge is -2.14. The molecule has 4 nitrogen and oxygen atoms in total. The second kappa shape index (κ2) is 7.41. The molecule has 0 unspecified atom stereocenters. The number of carboxylic acids is 1. The Labute approximate surface area is 129 Å². The average molecular weight is 297 g/mol. The van der Waals surface area contributed by atoms with Crippen LogP contribution in [0.3, 0.4) is 0 Å². The summed E-state index contributed by atoms with van der Waals surface area (Å²) in [6.45, 7) is 2.06. The van der Waals surface area contributed by atoms with Gasteiger partial charge in [0.25, 0.3) is 0 Å². The Hall–Kier alpha value is -2.62. The number of carboxylic acid groups (broad SMARTS) is 1. The molecule has 0 aliphatic heterocycles. The largest absolute Gasteiger partial charge is 0.481 e. The highest BCUT2D eigenvalue weighted by Crippen LogP contribution is 2.15. The van der Waals surface area contributed by atoms with Gasteiger partial charge in [0, 0.05) is 6.54 Å². The van der Waals surface area contributed by atoms with Crippen molar-refractivity contribution < 1.29 is 14.7 Å². The summed E-state index contributed by atoms with van der Waals surface area (Å²) in [7, 11) is 0. The van der Waals surface area contributed by atoms with E-state index >= 15 is 0 Å². The zero-order valence-corrected chi connectivity index (χ0v) is 12.5. The van der Waals surface area contributed by atoms with Crippen LogP contribution in [0.2, 0.25) is 0 Å². The molecule has 0 saturated heterocycles. The Morgan fingerprint density at radius 1 is 1.09 bits per heavy atom. The predicted octanol–water partition coefficient (Wildman–Crippen LogP) is 2.52. The molecule has 0 saturated carbocycles. The third kappa shape index (κ3) is 4.45. The number of amides is 1. The molecular formula is C18H19NO3. The second-order valence-electron chi connectivity index (χ2n) is 5.27. The minimum absolute atomic E-state index is 0.0873. The van der Waals surface area contributed by atoms with Gasteiger partial charge in [-0.25, -0.2) is 0 Å². The smallest absolute Gasteiger partial charge is 0.312 e. The first-order chi connectivity index (χ1) is 10.6. The van der Waals surface area contributed by atoms with Crippen molar-refractivity contribution in [2.24, 2.45) is 0 Å². The molecule has 4 heteroatoms. The third-order valence-corrected chi connectivity index (χ3v) is 3.45. The van der Waals surface area contributed by atoms with Crippen LogP contribution in [-0.2, 0) is 16.0 Å². The molecule has 2 aromatic carbocycles. The number of nitrogens with one attached hydrogen (secondary N) is 1. The summed E-state index contributed by atoms with van der Waals surface area (Å²) < 4.78 is 0. The molecule has 0 spiro atoms. The van der Waals surface area contributed by atoms with Crippen LogP contribution in [0.1, 0.15) is 22.6 Å². The van der Waals surface area contributed by atoms with E-state index in [9.17, 15) is 14.7 Å². The number of benzene rings is 2. The van der Waals surface area contributed by atoms with Crippen LogP contribution in [0.5, 0.6) is 0 Å². The van der Waals surface area contributed by atoms with Gasteiger partial charge >= 0.3 is 5.97 Å². The van der Waals surface area contributed by atoms with Gasteiger partial charge in [0.05, 0.1) is 12.3 Å². The van der Waals surface area contributed by atoms with Crippen LogP contribution < -0.4 is 5.32 Å². The Bertz CT molecular complexity index is 652. The monoisotopic (exact) mass is 297 g/mol. The van der Waals surface area contributed by atoms with Crippen LogP contribution >= 0.6 is 0 Å². The van der Waals surface area contributed by atoms with Crippen molar-refractivity contribution in [3.8, 4) is 0 Å². The highest BCUT2D eigenvalue weighted by molar-refractivity contribution is 5.81. The summed E-state index contributed by atoms with van der Waals surface area (Å²) in [5.74, 6) is -1.85. The maximum absolute atomic E-state index is 12.0. The fraction of sp³-hybridized carbons (Fsp3) is 0.222. The van der Waals surface area contributed by atoms with E-state index in [0.717, 1.165) is 11.1 Å². The minimum Gasteiger partial charge on any atom is -0.481 e. The molecule has 0 aliphatic rings. The molecule has 0 aliphatic carbocycles. The molecule has 0 fully saturated rings. The van der Waals surface area contributed by atoms with Crippen molar-refractivity contribution in [1.82, 2.24) is 5.32 Å². The Morgan fingerprint density at radius 3 is 2.45 bits per heavy atom.